The fourth-order valence-electron chi connectivity index (χ4n) is 2.64. The first kappa shape index (κ1) is 22.6. The molecule has 0 unspecified atom stereocenters. The highest BCUT2D eigenvalue weighted by Crippen LogP contribution is 2.25. The number of benzene rings is 2. The molecule has 0 saturated carbocycles. The van der Waals surface area contributed by atoms with Crippen molar-refractivity contribution in [1.82, 2.24) is 5.43 Å². The number of hydrogen-bond donors (Lipinski definition) is 2. The average molecular weight is 460 g/mol. The van der Waals surface area contributed by atoms with Gasteiger partial charge in [-0.1, -0.05) is 38.1 Å². The summed E-state index contributed by atoms with van der Waals surface area (Å²) in [6, 6.07) is 13.3. The normalized spacial score (nSPS) is 11.3. The third-order valence-electron chi connectivity index (χ3n) is 4.09. The van der Waals surface area contributed by atoms with E-state index < -0.39 is 5.91 Å². The van der Waals surface area contributed by atoms with Gasteiger partial charge in [0, 0.05) is 11.4 Å². The Morgan fingerprint density at radius 1 is 1.14 bits per heavy atom. The number of carbonyl (C=O) groups excluding carboxylic acids is 2. The molecule has 0 aliphatic heterocycles. The van der Waals surface area contributed by atoms with Gasteiger partial charge in [0.2, 0.25) is 5.91 Å². The molecule has 2 amide bonds. The highest BCUT2D eigenvalue weighted by Gasteiger charge is 2.11. The molecule has 0 aliphatic carbocycles. The zero-order valence-electron chi connectivity index (χ0n) is 17.1. The van der Waals surface area contributed by atoms with Crippen LogP contribution < -0.4 is 15.5 Å². The molecule has 2 rings (SSSR count). The van der Waals surface area contributed by atoms with E-state index in [1.54, 1.807) is 13.0 Å². The summed E-state index contributed by atoms with van der Waals surface area (Å²) in [5.74, 6) is 0.291. The minimum Gasteiger partial charge on any atom is -0.483 e. The minimum absolute atomic E-state index is 0.0804. The van der Waals surface area contributed by atoms with Crippen molar-refractivity contribution in [3.63, 3.8) is 0 Å². The second-order valence-corrected chi connectivity index (χ2v) is 7.93. The third-order valence-corrected chi connectivity index (χ3v) is 4.71. The van der Waals surface area contributed by atoms with Crippen LogP contribution in [0, 0.1) is 6.92 Å². The number of nitrogens with one attached hydrogen (secondary N) is 2. The van der Waals surface area contributed by atoms with Crippen molar-refractivity contribution in [3.05, 3.63) is 58.1 Å². The van der Waals surface area contributed by atoms with Gasteiger partial charge in [-0.25, -0.2) is 5.43 Å². The number of hydrogen-bond acceptors (Lipinski definition) is 4. The highest BCUT2D eigenvalue weighted by atomic mass is 79.9. The number of aryl methyl sites for hydroxylation is 1. The molecule has 2 aromatic carbocycles. The number of anilines is 1. The van der Waals surface area contributed by atoms with Gasteiger partial charge < -0.3 is 10.1 Å². The van der Waals surface area contributed by atoms with Crippen molar-refractivity contribution < 1.29 is 14.3 Å². The molecule has 0 bridgehead atoms. The van der Waals surface area contributed by atoms with Crippen molar-refractivity contribution in [2.24, 2.45) is 5.10 Å². The first-order valence-corrected chi connectivity index (χ1v) is 10.1. The Morgan fingerprint density at radius 2 is 1.86 bits per heavy atom. The van der Waals surface area contributed by atoms with Crippen molar-refractivity contribution in [2.75, 3.05) is 11.9 Å². The number of nitrogens with zero attached hydrogens (tertiary/aromatic N) is 1. The molecule has 0 aliphatic rings. The molecule has 29 heavy (non-hydrogen) atoms. The number of amides is 2. The maximum absolute atomic E-state index is 12.3. The quantitative estimate of drug-likeness (QED) is 0.440. The summed E-state index contributed by atoms with van der Waals surface area (Å²) in [7, 11) is 0. The lowest BCUT2D eigenvalue weighted by molar-refractivity contribution is -0.123. The number of hydrazone groups is 1. The zero-order chi connectivity index (χ0) is 21.4. The Balaban J connectivity index is 1.83. The van der Waals surface area contributed by atoms with Crippen LogP contribution in [0.15, 0.2) is 52.0 Å². The van der Waals surface area contributed by atoms with Gasteiger partial charge in [0.1, 0.15) is 5.75 Å². The third kappa shape index (κ3) is 7.34. The monoisotopic (exact) mass is 459 g/mol. The van der Waals surface area contributed by atoms with Crippen LogP contribution in [-0.4, -0.2) is 24.1 Å². The molecule has 0 fully saturated rings. The van der Waals surface area contributed by atoms with Crippen LogP contribution in [0.3, 0.4) is 0 Å². The van der Waals surface area contributed by atoms with Gasteiger partial charge in [-0.15, -0.1) is 0 Å². The lowest BCUT2D eigenvalue weighted by atomic mass is 10.0. The van der Waals surface area contributed by atoms with Gasteiger partial charge in [0.15, 0.2) is 6.61 Å². The molecule has 0 aromatic heterocycles. The van der Waals surface area contributed by atoms with E-state index in [2.05, 4.69) is 45.6 Å². The predicted molar refractivity (Wildman–Crippen MR) is 119 cm³/mol. The molecule has 0 saturated heterocycles. The van der Waals surface area contributed by atoms with Crippen molar-refractivity contribution in [1.29, 1.82) is 0 Å². The van der Waals surface area contributed by atoms with Gasteiger partial charge in [0.25, 0.3) is 5.91 Å². The topological polar surface area (TPSA) is 79.8 Å². The number of para-hydroxylation sites is 1. The van der Waals surface area contributed by atoms with Crippen LogP contribution in [0.4, 0.5) is 5.69 Å². The lowest BCUT2D eigenvalue weighted by Crippen LogP contribution is -2.26. The predicted octanol–water partition coefficient (Wildman–Crippen LogP) is 4.78. The standard InChI is InChI=1S/C22H26BrN3O3/c1-14(2)17-7-5-6-8-19(17)24-21(27)12-16(4)25-26-22(28)13-29-20-10-9-15(3)11-18(20)23/h5-11,14H,12-13H2,1-4H3,(H,24,27)(H,26,28)/b25-16-. The Labute approximate surface area is 179 Å². The van der Waals surface area contributed by atoms with Crippen LogP contribution in [0.25, 0.3) is 0 Å². The van der Waals surface area contributed by atoms with Crippen molar-refractivity contribution >= 4 is 39.1 Å². The van der Waals surface area contributed by atoms with E-state index in [1.165, 1.54) is 0 Å². The second-order valence-electron chi connectivity index (χ2n) is 7.07. The SMILES string of the molecule is C/C(CC(=O)Nc1ccccc1C(C)C)=N/NC(=O)COc1ccc(C)cc1Br. The van der Waals surface area contributed by atoms with Crippen LogP contribution in [-0.2, 0) is 9.59 Å². The van der Waals surface area contributed by atoms with E-state index in [-0.39, 0.29) is 18.9 Å². The Morgan fingerprint density at radius 3 is 2.55 bits per heavy atom. The summed E-state index contributed by atoms with van der Waals surface area (Å²) >= 11 is 3.40. The van der Waals surface area contributed by atoms with Crippen LogP contribution in [0.1, 0.15) is 44.2 Å². The van der Waals surface area contributed by atoms with Crippen LogP contribution >= 0.6 is 15.9 Å². The molecule has 0 atom stereocenters. The molecule has 0 radical (unpaired) electrons. The first-order valence-electron chi connectivity index (χ1n) is 9.36. The first-order chi connectivity index (χ1) is 13.8. The van der Waals surface area contributed by atoms with Gasteiger partial charge in [0.05, 0.1) is 10.9 Å². The summed E-state index contributed by atoms with van der Waals surface area (Å²) < 4.78 is 6.25. The number of ether oxygens (including phenoxy) is 1. The maximum Gasteiger partial charge on any atom is 0.277 e. The van der Waals surface area contributed by atoms with Crippen molar-refractivity contribution in [3.8, 4) is 5.75 Å². The maximum atomic E-state index is 12.3. The lowest BCUT2D eigenvalue weighted by Gasteiger charge is -2.13. The molecule has 6 nitrogen and oxygen atoms in total. The zero-order valence-corrected chi connectivity index (χ0v) is 18.7. The Hall–Kier alpha value is -2.67. The minimum atomic E-state index is -0.401. The fourth-order valence-corrected chi connectivity index (χ4v) is 3.24. The number of rotatable bonds is 8. The van der Waals surface area contributed by atoms with Gasteiger partial charge >= 0.3 is 0 Å². The smallest absolute Gasteiger partial charge is 0.277 e. The molecule has 154 valence electrons. The van der Waals surface area contributed by atoms with E-state index in [9.17, 15) is 9.59 Å². The highest BCUT2D eigenvalue weighted by molar-refractivity contribution is 9.10. The van der Waals surface area contributed by atoms with Crippen molar-refractivity contribution in [2.45, 2.75) is 40.0 Å². The summed E-state index contributed by atoms with van der Waals surface area (Å²) in [5.41, 5.74) is 5.86. The average Bonchev–Trinajstić information content (AvgIpc) is 2.65. The van der Waals surface area contributed by atoms with Gasteiger partial charge in [-0.05, 0) is 65.0 Å². The van der Waals surface area contributed by atoms with E-state index >= 15 is 0 Å². The van der Waals surface area contributed by atoms with Crippen LogP contribution in [0.2, 0.25) is 0 Å². The summed E-state index contributed by atoms with van der Waals surface area (Å²) in [6.07, 6.45) is 0.0804. The van der Waals surface area contributed by atoms with E-state index in [0.717, 1.165) is 21.3 Å². The Bertz CT molecular complexity index is 910. The fraction of sp³-hybridized carbons (Fsp3) is 0.318. The molecule has 0 spiro atoms. The van der Waals surface area contributed by atoms with Gasteiger partial charge in [-0.2, -0.15) is 5.10 Å². The largest absolute Gasteiger partial charge is 0.483 e. The molecular formula is C22H26BrN3O3. The van der Waals surface area contributed by atoms with E-state index in [4.69, 9.17) is 4.74 Å². The molecule has 2 N–H and O–H groups in total. The van der Waals surface area contributed by atoms with E-state index in [1.807, 2.05) is 43.3 Å². The molecule has 7 heteroatoms. The van der Waals surface area contributed by atoms with Crippen LogP contribution in [0.5, 0.6) is 5.75 Å². The van der Waals surface area contributed by atoms with E-state index in [0.29, 0.717) is 17.4 Å². The second kappa shape index (κ2) is 10.8. The number of carbonyl (C=O) groups is 2. The molecule has 2 aromatic rings. The summed E-state index contributed by atoms with van der Waals surface area (Å²) in [5, 5.41) is 6.88. The molecule has 0 heterocycles. The number of halogens is 1. The Kier molecular flexibility index (Phi) is 8.39. The summed E-state index contributed by atoms with van der Waals surface area (Å²) in [4.78, 5) is 24.2. The van der Waals surface area contributed by atoms with Gasteiger partial charge in [-0.3, -0.25) is 9.59 Å². The summed E-state index contributed by atoms with van der Waals surface area (Å²) in [6.45, 7) is 7.63. The molecular weight excluding hydrogens is 434 g/mol.